The molecule has 0 heterocycles. The van der Waals surface area contributed by atoms with Gasteiger partial charge in [-0.25, -0.2) is 0 Å². The molecule has 1 fully saturated rings. The molecule has 1 saturated carbocycles. The van der Waals surface area contributed by atoms with Crippen LogP contribution in [-0.4, -0.2) is 32.8 Å². The third-order valence-electron chi connectivity index (χ3n) is 4.18. The highest BCUT2D eigenvalue weighted by Gasteiger charge is 2.21. The Hall–Kier alpha value is -1.75. The van der Waals surface area contributed by atoms with E-state index in [4.69, 9.17) is 19.9 Å². The Balaban J connectivity index is 2.18. The van der Waals surface area contributed by atoms with E-state index in [2.05, 4.69) is 0 Å². The van der Waals surface area contributed by atoms with Crippen molar-refractivity contribution in [3.05, 3.63) is 23.8 Å². The smallest absolute Gasteiger partial charge is 0.306 e. The zero-order chi connectivity index (χ0) is 15.9. The predicted octanol–water partition coefficient (Wildman–Crippen LogP) is 2.62. The van der Waals surface area contributed by atoms with Gasteiger partial charge in [0, 0.05) is 5.92 Å². The number of methoxy groups -OCH3 is 2. The van der Waals surface area contributed by atoms with Gasteiger partial charge in [0.05, 0.1) is 26.7 Å². The summed E-state index contributed by atoms with van der Waals surface area (Å²) in [6.45, 7) is 0.379. The summed E-state index contributed by atoms with van der Waals surface area (Å²) in [6.07, 6.45) is 5.09. The van der Waals surface area contributed by atoms with E-state index in [-0.39, 0.29) is 24.4 Å². The van der Waals surface area contributed by atoms with Gasteiger partial charge in [-0.05, 0) is 49.9 Å². The molecular weight excluding hydrogens is 282 g/mol. The topological polar surface area (TPSA) is 70.8 Å². The van der Waals surface area contributed by atoms with E-state index in [0.29, 0.717) is 12.3 Å². The molecule has 0 amide bonds. The summed E-state index contributed by atoms with van der Waals surface area (Å²) in [5.41, 5.74) is 6.79. The van der Waals surface area contributed by atoms with Crippen LogP contribution in [0.1, 0.15) is 43.6 Å². The number of nitrogens with two attached hydrogens (primary N) is 1. The first kappa shape index (κ1) is 16.6. The van der Waals surface area contributed by atoms with Gasteiger partial charge < -0.3 is 19.9 Å². The lowest BCUT2D eigenvalue weighted by Crippen LogP contribution is -2.18. The number of benzene rings is 1. The first-order valence-corrected chi connectivity index (χ1v) is 7.79. The van der Waals surface area contributed by atoms with E-state index in [1.807, 2.05) is 18.2 Å². The molecule has 1 atom stereocenters. The number of carbonyl (C=O) groups is 1. The van der Waals surface area contributed by atoms with Crippen molar-refractivity contribution in [3.8, 4) is 11.5 Å². The predicted molar refractivity (Wildman–Crippen MR) is 84.3 cm³/mol. The summed E-state index contributed by atoms with van der Waals surface area (Å²) < 4.78 is 16.2. The number of esters is 1. The van der Waals surface area contributed by atoms with Gasteiger partial charge in [0.2, 0.25) is 0 Å². The van der Waals surface area contributed by atoms with E-state index in [1.54, 1.807) is 7.11 Å². The summed E-state index contributed by atoms with van der Waals surface area (Å²) in [5, 5.41) is 0. The molecule has 1 aromatic rings. The van der Waals surface area contributed by atoms with Crippen molar-refractivity contribution in [1.82, 2.24) is 0 Å². The monoisotopic (exact) mass is 307 g/mol. The molecule has 122 valence electrons. The SMILES string of the molecule is COC(=O)C[C@H](CN)c1ccc(OC)c(OC2CCCC2)c1. The highest BCUT2D eigenvalue weighted by Crippen LogP contribution is 2.34. The fourth-order valence-corrected chi connectivity index (χ4v) is 2.85. The molecule has 0 radical (unpaired) electrons. The summed E-state index contributed by atoms with van der Waals surface area (Å²) >= 11 is 0. The Morgan fingerprint density at radius 1 is 1.27 bits per heavy atom. The highest BCUT2D eigenvalue weighted by molar-refractivity contribution is 5.70. The van der Waals surface area contributed by atoms with Crippen LogP contribution in [0.25, 0.3) is 0 Å². The van der Waals surface area contributed by atoms with E-state index < -0.39 is 0 Å². The minimum atomic E-state index is -0.260. The van der Waals surface area contributed by atoms with E-state index in [1.165, 1.54) is 20.0 Å². The third-order valence-corrected chi connectivity index (χ3v) is 4.18. The van der Waals surface area contributed by atoms with Crippen molar-refractivity contribution in [3.63, 3.8) is 0 Å². The largest absolute Gasteiger partial charge is 0.493 e. The molecule has 1 aliphatic rings. The van der Waals surface area contributed by atoms with Gasteiger partial charge in [-0.2, -0.15) is 0 Å². The molecule has 1 aromatic carbocycles. The Morgan fingerprint density at radius 3 is 2.59 bits per heavy atom. The minimum absolute atomic E-state index is 0.0794. The number of hydrogen-bond donors (Lipinski definition) is 1. The lowest BCUT2D eigenvalue weighted by molar-refractivity contribution is -0.141. The molecule has 0 aliphatic heterocycles. The average Bonchev–Trinajstić information content (AvgIpc) is 3.05. The average molecular weight is 307 g/mol. The Kier molecular flexibility index (Phi) is 6.07. The molecule has 2 rings (SSSR count). The number of ether oxygens (including phenoxy) is 3. The minimum Gasteiger partial charge on any atom is -0.493 e. The number of carbonyl (C=O) groups excluding carboxylic acids is 1. The Labute approximate surface area is 131 Å². The van der Waals surface area contributed by atoms with Crippen LogP contribution in [0.15, 0.2) is 18.2 Å². The van der Waals surface area contributed by atoms with E-state index in [0.717, 1.165) is 24.2 Å². The molecule has 2 N–H and O–H groups in total. The van der Waals surface area contributed by atoms with Crippen LogP contribution < -0.4 is 15.2 Å². The lowest BCUT2D eigenvalue weighted by atomic mass is 9.95. The van der Waals surface area contributed by atoms with Crippen LogP contribution in [0, 0.1) is 0 Å². The van der Waals surface area contributed by atoms with Crippen molar-refractivity contribution < 1.29 is 19.0 Å². The molecule has 0 bridgehead atoms. The van der Waals surface area contributed by atoms with Gasteiger partial charge in [-0.15, -0.1) is 0 Å². The standard InChI is InChI=1S/C17H25NO4/c1-20-15-8-7-12(13(11-18)10-17(19)21-2)9-16(15)22-14-5-3-4-6-14/h7-9,13-14H,3-6,10-11,18H2,1-2H3/t13-/m1/s1. The second-order valence-electron chi connectivity index (χ2n) is 5.65. The van der Waals surface area contributed by atoms with Gasteiger partial charge in [-0.1, -0.05) is 6.07 Å². The highest BCUT2D eigenvalue weighted by atomic mass is 16.5. The summed E-state index contributed by atoms with van der Waals surface area (Å²) in [7, 11) is 3.02. The fraction of sp³-hybridized carbons (Fsp3) is 0.588. The maximum Gasteiger partial charge on any atom is 0.306 e. The van der Waals surface area contributed by atoms with Gasteiger partial charge in [0.25, 0.3) is 0 Å². The summed E-state index contributed by atoms with van der Waals surface area (Å²) in [4.78, 5) is 11.5. The zero-order valence-electron chi connectivity index (χ0n) is 13.3. The van der Waals surface area contributed by atoms with Crippen molar-refractivity contribution in [2.45, 2.75) is 44.1 Å². The van der Waals surface area contributed by atoms with Crippen LogP contribution in [0.3, 0.4) is 0 Å². The van der Waals surface area contributed by atoms with Crippen LogP contribution in [0.2, 0.25) is 0 Å². The van der Waals surface area contributed by atoms with Crippen molar-refractivity contribution in [2.24, 2.45) is 5.73 Å². The molecule has 0 saturated heterocycles. The third kappa shape index (κ3) is 4.13. The summed E-state index contributed by atoms with van der Waals surface area (Å²) in [5.74, 6) is 1.11. The maximum atomic E-state index is 11.5. The van der Waals surface area contributed by atoms with Gasteiger partial charge in [0.1, 0.15) is 0 Å². The van der Waals surface area contributed by atoms with Crippen LogP contribution >= 0.6 is 0 Å². The maximum absolute atomic E-state index is 11.5. The number of hydrogen-bond acceptors (Lipinski definition) is 5. The van der Waals surface area contributed by atoms with Crippen LogP contribution in [0.5, 0.6) is 11.5 Å². The van der Waals surface area contributed by atoms with Crippen LogP contribution in [-0.2, 0) is 9.53 Å². The number of rotatable bonds is 7. The fourth-order valence-electron chi connectivity index (χ4n) is 2.85. The zero-order valence-corrected chi connectivity index (χ0v) is 13.3. The quantitative estimate of drug-likeness (QED) is 0.784. The van der Waals surface area contributed by atoms with E-state index >= 15 is 0 Å². The first-order valence-electron chi connectivity index (χ1n) is 7.79. The molecule has 22 heavy (non-hydrogen) atoms. The molecule has 5 heteroatoms. The van der Waals surface area contributed by atoms with Gasteiger partial charge in [-0.3, -0.25) is 4.79 Å². The molecular formula is C17H25NO4. The van der Waals surface area contributed by atoms with Gasteiger partial charge in [0.15, 0.2) is 11.5 Å². The van der Waals surface area contributed by atoms with E-state index in [9.17, 15) is 4.79 Å². The second-order valence-corrected chi connectivity index (χ2v) is 5.65. The van der Waals surface area contributed by atoms with Gasteiger partial charge >= 0.3 is 5.97 Å². The molecule has 0 spiro atoms. The summed E-state index contributed by atoms with van der Waals surface area (Å²) in [6, 6.07) is 5.75. The Bertz CT molecular complexity index is 497. The molecule has 5 nitrogen and oxygen atoms in total. The molecule has 1 aliphatic carbocycles. The van der Waals surface area contributed by atoms with Crippen molar-refractivity contribution >= 4 is 5.97 Å². The normalized spacial score (nSPS) is 16.3. The van der Waals surface area contributed by atoms with Crippen molar-refractivity contribution in [1.29, 1.82) is 0 Å². The van der Waals surface area contributed by atoms with Crippen LogP contribution in [0.4, 0.5) is 0 Å². The molecule has 0 unspecified atom stereocenters. The Morgan fingerprint density at radius 2 is 2.00 bits per heavy atom. The lowest BCUT2D eigenvalue weighted by Gasteiger charge is -2.19. The van der Waals surface area contributed by atoms with Crippen molar-refractivity contribution in [2.75, 3.05) is 20.8 Å². The molecule has 0 aromatic heterocycles. The second kappa shape index (κ2) is 8.03. The first-order chi connectivity index (χ1) is 10.7.